The van der Waals surface area contributed by atoms with E-state index in [9.17, 15) is 4.79 Å². The molecule has 4 rings (SSSR count). The van der Waals surface area contributed by atoms with Gasteiger partial charge in [-0.05, 0) is 36.4 Å². The van der Waals surface area contributed by atoms with Gasteiger partial charge < -0.3 is 23.5 Å². The van der Waals surface area contributed by atoms with Crippen LogP contribution < -0.4 is 14.2 Å². The minimum atomic E-state index is -0.554. The van der Waals surface area contributed by atoms with E-state index in [1.165, 1.54) is 6.07 Å². The van der Waals surface area contributed by atoms with Crippen LogP contribution in [0, 0.1) is 0 Å². The van der Waals surface area contributed by atoms with E-state index in [2.05, 4.69) is 5.16 Å². The van der Waals surface area contributed by atoms with Crippen LogP contribution in [0.3, 0.4) is 0 Å². The molecule has 144 valence electrons. The minimum absolute atomic E-state index is 0.0615. The van der Waals surface area contributed by atoms with Gasteiger partial charge in [0.25, 0.3) is 0 Å². The molecule has 0 saturated carbocycles. The second-order valence-electron chi connectivity index (χ2n) is 5.97. The molecule has 2 heterocycles. The molecule has 0 unspecified atom stereocenters. The second kappa shape index (κ2) is 7.82. The number of carbonyl (C=O) groups is 1. The summed E-state index contributed by atoms with van der Waals surface area (Å²) < 4.78 is 26.6. The maximum absolute atomic E-state index is 12.4. The molecular formula is C20H16ClNO6. The summed E-state index contributed by atoms with van der Waals surface area (Å²) in [5, 5.41) is 4.30. The van der Waals surface area contributed by atoms with Gasteiger partial charge in [-0.3, -0.25) is 0 Å². The normalized spacial score (nSPS) is 12.5. The summed E-state index contributed by atoms with van der Waals surface area (Å²) in [5.41, 5.74) is 1.76. The summed E-state index contributed by atoms with van der Waals surface area (Å²) in [5.74, 6) is 1.47. The highest BCUT2D eigenvalue weighted by molar-refractivity contribution is 6.32. The number of aromatic nitrogens is 1. The lowest BCUT2D eigenvalue weighted by atomic mass is 10.1. The van der Waals surface area contributed by atoms with Crippen LogP contribution in [0.15, 0.2) is 47.0 Å². The zero-order chi connectivity index (χ0) is 19.5. The van der Waals surface area contributed by atoms with Crippen molar-refractivity contribution in [3.8, 4) is 28.5 Å². The molecule has 7 nitrogen and oxygen atoms in total. The molecule has 1 aliphatic heterocycles. The van der Waals surface area contributed by atoms with Gasteiger partial charge in [-0.1, -0.05) is 16.8 Å². The fraction of sp³-hybridized carbons (Fsp3) is 0.200. The Morgan fingerprint density at radius 1 is 1.14 bits per heavy atom. The van der Waals surface area contributed by atoms with Gasteiger partial charge in [0.2, 0.25) is 0 Å². The SMILES string of the molecule is COc1ccc(-c2cc(COC(=O)c3cc(Cl)c4c(c3)OCCO4)on2)cc1. The van der Waals surface area contributed by atoms with Crippen molar-refractivity contribution in [3.05, 3.63) is 58.8 Å². The number of carbonyl (C=O) groups excluding carboxylic acids is 1. The zero-order valence-corrected chi connectivity index (χ0v) is 15.7. The van der Waals surface area contributed by atoms with Crippen molar-refractivity contribution in [1.82, 2.24) is 5.16 Å². The summed E-state index contributed by atoms with van der Waals surface area (Å²) in [7, 11) is 1.60. The van der Waals surface area contributed by atoms with Crippen molar-refractivity contribution in [2.24, 2.45) is 0 Å². The number of ether oxygens (including phenoxy) is 4. The lowest BCUT2D eigenvalue weighted by Gasteiger charge is -2.19. The highest BCUT2D eigenvalue weighted by Crippen LogP contribution is 2.38. The van der Waals surface area contributed by atoms with E-state index < -0.39 is 5.97 Å². The van der Waals surface area contributed by atoms with Gasteiger partial charge in [0.1, 0.15) is 24.7 Å². The minimum Gasteiger partial charge on any atom is -0.497 e. The number of esters is 1. The van der Waals surface area contributed by atoms with Crippen LogP contribution in [0.5, 0.6) is 17.2 Å². The lowest BCUT2D eigenvalue weighted by Crippen LogP contribution is -2.16. The highest BCUT2D eigenvalue weighted by Gasteiger charge is 2.20. The van der Waals surface area contributed by atoms with Crippen molar-refractivity contribution < 1.29 is 28.3 Å². The first-order chi connectivity index (χ1) is 13.6. The van der Waals surface area contributed by atoms with Gasteiger partial charge in [-0.2, -0.15) is 0 Å². The van der Waals surface area contributed by atoms with E-state index in [4.69, 9.17) is 35.1 Å². The summed E-state index contributed by atoms with van der Waals surface area (Å²) >= 11 is 6.15. The molecule has 0 saturated heterocycles. The Labute approximate surface area is 165 Å². The number of methoxy groups -OCH3 is 1. The third-order valence-electron chi connectivity index (χ3n) is 4.12. The maximum Gasteiger partial charge on any atom is 0.338 e. The average Bonchev–Trinajstić information content (AvgIpc) is 3.21. The van der Waals surface area contributed by atoms with Crippen LogP contribution in [-0.4, -0.2) is 31.4 Å². The zero-order valence-electron chi connectivity index (χ0n) is 14.9. The average molecular weight is 402 g/mol. The molecule has 1 aromatic heterocycles. The molecule has 0 N–H and O–H groups in total. The smallest absolute Gasteiger partial charge is 0.338 e. The molecule has 0 bridgehead atoms. The number of benzene rings is 2. The molecule has 0 amide bonds. The third-order valence-corrected chi connectivity index (χ3v) is 4.40. The fourth-order valence-electron chi connectivity index (χ4n) is 2.73. The van der Waals surface area contributed by atoms with Gasteiger partial charge in [0, 0.05) is 11.6 Å². The van der Waals surface area contributed by atoms with E-state index in [0.717, 1.165) is 11.3 Å². The summed E-state index contributed by atoms with van der Waals surface area (Å²) in [4.78, 5) is 12.4. The first kappa shape index (κ1) is 18.2. The molecule has 2 aromatic carbocycles. The van der Waals surface area contributed by atoms with E-state index in [1.807, 2.05) is 24.3 Å². The fourth-order valence-corrected chi connectivity index (χ4v) is 2.99. The Hall–Kier alpha value is -3.19. The number of nitrogens with zero attached hydrogens (tertiary/aromatic N) is 1. The van der Waals surface area contributed by atoms with Gasteiger partial charge in [0.05, 0.1) is 17.7 Å². The standard InChI is InChI=1S/C20H16ClNO6/c1-24-14-4-2-12(3-5-14)17-10-15(28-22-17)11-27-20(23)13-8-16(21)19-18(9-13)25-6-7-26-19/h2-5,8-10H,6-7,11H2,1H3. The Morgan fingerprint density at radius 3 is 2.71 bits per heavy atom. The quantitative estimate of drug-likeness (QED) is 0.594. The highest BCUT2D eigenvalue weighted by atomic mass is 35.5. The topological polar surface area (TPSA) is 80.0 Å². The summed E-state index contributed by atoms with van der Waals surface area (Å²) in [6.07, 6.45) is 0. The number of hydrogen-bond acceptors (Lipinski definition) is 7. The molecule has 1 aliphatic rings. The van der Waals surface area contributed by atoms with Gasteiger partial charge in [0.15, 0.2) is 23.9 Å². The largest absolute Gasteiger partial charge is 0.497 e. The molecule has 0 radical (unpaired) electrons. The first-order valence-electron chi connectivity index (χ1n) is 8.50. The van der Waals surface area contributed by atoms with Gasteiger partial charge >= 0.3 is 5.97 Å². The molecule has 28 heavy (non-hydrogen) atoms. The van der Waals surface area contributed by atoms with Crippen molar-refractivity contribution >= 4 is 17.6 Å². The number of fused-ring (bicyclic) bond motifs is 1. The van der Waals surface area contributed by atoms with Crippen molar-refractivity contribution in [3.63, 3.8) is 0 Å². The predicted molar refractivity (Wildman–Crippen MR) is 100 cm³/mol. The molecule has 0 fully saturated rings. The Bertz CT molecular complexity index is 998. The van der Waals surface area contributed by atoms with Crippen molar-refractivity contribution in [1.29, 1.82) is 0 Å². The first-order valence-corrected chi connectivity index (χ1v) is 8.88. The maximum atomic E-state index is 12.4. The Kier molecular flexibility index (Phi) is 5.08. The van der Waals surface area contributed by atoms with E-state index in [1.54, 1.807) is 19.2 Å². The van der Waals surface area contributed by atoms with Gasteiger partial charge in [-0.15, -0.1) is 0 Å². The summed E-state index contributed by atoms with van der Waals surface area (Å²) in [6, 6.07) is 12.1. The molecule has 8 heteroatoms. The number of rotatable bonds is 5. The van der Waals surface area contributed by atoms with E-state index in [-0.39, 0.29) is 12.2 Å². The number of halogens is 1. The van der Waals surface area contributed by atoms with Crippen molar-refractivity contribution in [2.75, 3.05) is 20.3 Å². The van der Waals surface area contributed by atoms with Gasteiger partial charge in [-0.25, -0.2) is 4.79 Å². The molecule has 3 aromatic rings. The van der Waals surface area contributed by atoms with Crippen LogP contribution >= 0.6 is 11.6 Å². The molecule has 0 aliphatic carbocycles. The lowest BCUT2D eigenvalue weighted by molar-refractivity contribution is 0.0436. The van der Waals surface area contributed by atoms with E-state index >= 15 is 0 Å². The van der Waals surface area contributed by atoms with Crippen LogP contribution in [0.25, 0.3) is 11.3 Å². The molecule has 0 atom stereocenters. The Morgan fingerprint density at radius 2 is 1.93 bits per heavy atom. The second-order valence-corrected chi connectivity index (χ2v) is 6.37. The monoisotopic (exact) mass is 401 g/mol. The van der Waals surface area contributed by atoms with Crippen LogP contribution in [0.4, 0.5) is 0 Å². The predicted octanol–water partition coefficient (Wildman–Crippen LogP) is 4.13. The van der Waals surface area contributed by atoms with Crippen molar-refractivity contribution in [2.45, 2.75) is 6.61 Å². The van der Waals surface area contributed by atoms with E-state index in [0.29, 0.717) is 41.2 Å². The van der Waals surface area contributed by atoms with Crippen LogP contribution in [-0.2, 0) is 11.3 Å². The molecular weight excluding hydrogens is 386 g/mol. The third kappa shape index (κ3) is 3.75. The van der Waals surface area contributed by atoms with Crippen LogP contribution in [0.1, 0.15) is 16.1 Å². The van der Waals surface area contributed by atoms with Crippen LogP contribution in [0.2, 0.25) is 5.02 Å². The molecule has 0 spiro atoms. The number of hydrogen-bond donors (Lipinski definition) is 0. The summed E-state index contributed by atoms with van der Waals surface area (Å²) in [6.45, 7) is 0.751. The Balaban J connectivity index is 1.42.